The third kappa shape index (κ3) is 3.15. The van der Waals surface area contributed by atoms with E-state index in [0.29, 0.717) is 5.92 Å². The van der Waals surface area contributed by atoms with E-state index in [2.05, 4.69) is 39.0 Å². The molecule has 1 aromatic rings. The van der Waals surface area contributed by atoms with Crippen molar-refractivity contribution in [3.63, 3.8) is 0 Å². The molecule has 0 saturated carbocycles. The molecule has 0 aliphatic heterocycles. The Morgan fingerprint density at radius 2 is 2.00 bits per heavy atom. The van der Waals surface area contributed by atoms with E-state index in [1.807, 2.05) is 0 Å². The number of methoxy groups -OCH3 is 1. The number of hydrogen-bond donors (Lipinski definition) is 0. The fourth-order valence-corrected chi connectivity index (χ4v) is 1.63. The highest BCUT2D eigenvalue weighted by Crippen LogP contribution is 2.15. The van der Waals surface area contributed by atoms with Crippen molar-refractivity contribution in [3.05, 3.63) is 34.9 Å². The van der Waals surface area contributed by atoms with Crippen LogP contribution < -0.4 is 0 Å². The molecule has 0 aliphatic rings. The van der Waals surface area contributed by atoms with Gasteiger partial charge in [0.15, 0.2) is 0 Å². The Balaban J connectivity index is 2.83. The first-order valence-electron chi connectivity index (χ1n) is 5.21. The Morgan fingerprint density at radius 1 is 1.29 bits per heavy atom. The summed E-state index contributed by atoms with van der Waals surface area (Å²) in [6, 6.07) is 6.67. The molecule has 1 aromatic carbocycles. The summed E-state index contributed by atoms with van der Waals surface area (Å²) in [5.41, 5.74) is 4.04. The molecule has 1 nitrogen and oxygen atoms in total. The van der Waals surface area contributed by atoms with Gasteiger partial charge in [-0.3, -0.25) is 0 Å². The van der Waals surface area contributed by atoms with Gasteiger partial charge in [-0.1, -0.05) is 32.0 Å². The Labute approximate surface area is 87.1 Å². The lowest BCUT2D eigenvalue weighted by Crippen LogP contribution is -1.98. The largest absolute Gasteiger partial charge is 0.380 e. The van der Waals surface area contributed by atoms with Crippen molar-refractivity contribution >= 4 is 0 Å². The average molecular weight is 192 g/mol. The highest BCUT2D eigenvalue weighted by atomic mass is 16.5. The van der Waals surface area contributed by atoms with Crippen LogP contribution in [0, 0.1) is 12.8 Å². The monoisotopic (exact) mass is 192 g/mol. The lowest BCUT2D eigenvalue weighted by Gasteiger charge is -2.09. The maximum Gasteiger partial charge on any atom is 0.0715 e. The molecule has 78 valence electrons. The van der Waals surface area contributed by atoms with Gasteiger partial charge in [0.2, 0.25) is 0 Å². The van der Waals surface area contributed by atoms with E-state index in [-0.39, 0.29) is 0 Å². The first-order valence-corrected chi connectivity index (χ1v) is 5.21. The zero-order chi connectivity index (χ0) is 10.6. The van der Waals surface area contributed by atoms with Crippen LogP contribution in [-0.4, -0.2) is 7.11 Å². The molecule has 0 unspecified atom stereocenters. The lowest BCUT2D eigenvalue weighted by molar-refractivity contribution is 0.184. The average Bonchev–Trinajstić information content (AvgIpc) is 2.10. The maximum absolute atomic E-state index is 5.17. The first kappa shape index (κ1) is 11.3. The Hall–Kier alpha value is -0.820. The second kappa shape index (κ2) is 5.16. The second-order valence-electron chi connectivity index (χ2n) is 4.29. The van der Waals surface area contributed by atoms with E-state index >= 15 is 0 Å². The summed E-state index contributed by atoms with van der Waals surface area (Å²) in [6.45, 7) is 7.34. The highest BCUT2D eigenvalue weighted by molar-refractivity contribution is 5.30. The molecule has 0 radical (unpaired) electrons. The third-order valence-electron chi connectivity index (χ3n) is 2.36. The van der Waals surface area contributed by atoms with Gasteiger partial charge >= 0.3 is 0 Å². The minimum Gasteiger partial charge on any atom is -0.380 e. The van der Waals surface area contributed by atoms with Crippen molar-refractivity contribution in [3.8, 4) is 0 Å². The molecule has 0 aromatic heterocycles. The molecule has 0 amide bonds. The molecule has 0 aliphatic carbocycles. The quantitative estimate of drug-likeness (QED) is 0.711. The summed E-state index contributed by atoms with van der Waals surface area (Å²) in [7, 11) is 1.74. The van der Waals surface area contributed by atoms with Gasteiger partial charge in [0, 0.05) is 7.11 Å². The maximum atomic E-state index is 5.17. The second-order valence-corrected chi connectivity index (χ2v) is 4.29. The smallest absolute Gasteiger partial charge is 0.0715 e. The molecule has 0 spiro atoms. The van der Waals surface area contributed by atoms with Crippen LogP contribution in [0.5, 0.6) is 0 Å². The van der Waals surface area contributed by atoms with Gasteiger partial charge in [-0.25, -0.2) is 0 Å². The van der Waals surface area contributed by atoms with Gasteiger partial charge in [-0.2, -0.15) is 0 Å². The molecular formula is C13H20O. The van der Waals surface area contributed by atoms with Crippen molar-refractivity contribution in [1.29, 1.82) is 0 Å². The molecule has 1 rings (SSSR count). The van der Waals surface area contributed by atoms with Crippen LogP contribution in [0.25, 0.3) is 0 Å². The molecule has 0 saturated heterocycles. The van der Waals surface area contributed by atoms with Crippen LogP contribution in [0.1, 0.15) is 30.5 Å². The van der Waals surface area contributed by atoms with Gasteiger partial charge < -0.3 is 4.74 Å². The summed E-state index contributed by atoms with van der Waals surface area (Å²) < 4.78 is 5.17. The number of hydrogen-bond acceptors (Lipinski definition) is 1. The van der Waals surface area contributed by atoms with Gasteiger partial charge in [0.25, 0.3) is 0 Å². The minimum atomic E-state index is 0.716. The predicted octanol–water partition coefficient (Wildman–Crippen LogP) is 3.34. The van der Waals surface area contributed by atoms with Gasteiger partial charge in [-0.15, -0.1) is 0 Å². The first-order chi connectivity index (χ1) is 6.63. The predicted molar refractivity (Wildman–Crippen MR) is 60.4 cm³/mol. The number of rotatable bonds is 4. The van der Waals surface area contributed by atoms with Crippen LogP contribution in [-0.2, 0) is 17.8 Å². The van der Waals surface area contributed by atoms with Crippen LogP contribution in [0.3, 0.4) is 0 Å². The molecule has 0 heterocycles. The van der Waals surface area contributed by atoms with Crippen molar-refractivity contribution in [2.45, 2.75) is 33.8 Å². The molecular weight excluding hydrogens is 172 g/mol. The fraction of sp³-hybridized carbons (Fsp3) is 0.538. The van der Waals surface area contributed by atoms with Gasteiger partial charge in [0.05, 0.1) is 6.61 Å². The Kier molecular flexibility index (Phi) is 4.15. The summed E-state index contributed by atoms with van der Waals surface area (Å²) in [5.74, 6) is 0.716. The third-order valence-corrected chi connectivity index (χ3v) is 2.36. The normalized spacial score (nSPS) is 10.9. The van der Waals surface area contributed by atoms with E-state index in [9.17, 15) is 0 Å². The number of aryl methyl sites for hydroxylation is 1. The molecule has 0 atom stereocenters. The zero-order valence-electron chi connectivity index (χ0n) is 9.63. The Bertz CT molecular complexity index is 289. The summed E-state index contributed by atoms with van der Waals surface area (Å²) >= 11 is 0. The van der Waals surface area contributed by atoms with E-state index in [0.717, 1.165) is 13.0 Å². The van der Waals surface area contributed by atoms with Crippen LogP contribution >= 0.6 is 0 Å². The molecule has 0 fully saturated rings. The van der Waals surface area contributed by atoms with E-state index < -0.39 is 0 Å². The van der Waals surface area contributed by atoms with Gasteiger partial charge in [0.1, 0.15) is 0 Å². The van der Waals surface area contributed by atoms with Gasteiger partial charge in [-0.05, 0) is 36.0 Å². The standard InChI is InChI=1S/C13H20O/c1-10(2)7-12-6-5-11(3)13(8-12)9-14-4/h5-6,8,10H,7,9H2,1-4H3. The zero-order valence-corrected chi connectivity index (χ0v) is 9.63. The van der Waals surface area contributed by atoms with Crippen LogP contribution in [0.2, 0.25) is 0 Å². The molecule has 0 N–H and O–H groups in total. The van der Waals surface area contributed by atoms with Crippen molar-refractivity contribution < 1.29 is 4.74 Å². The summed E-state index contributed by atoms with van der Waals surface area (Å²) in [6.07, 6.45) is 1.15. The van der Waals surface area contributed by atoms with Crippen molar-refractivity contribution in [2.75, 3.05) is 7.11 Å². The van der Waals surface area contributed by atoms with Crippen molar-refractivity contribution in [1.82, 2.24) is 0 Å². The molecule has 0 bridgehead atoms. The van der Waals surface area contributed by atoms with E-state index in [1.54, 1.807) is 7.11 Å². The molecule has 14 heavy (non-hydrogen) atoms. The minimum absolute atomic E-state index is 0.716. The summed E-state index contributed by atoms with van der Waals surface area (Å²) in [5, 5.41) is 0. The summed E-state index contributed by atoms with van der Waals surface area (Å²) in [4.78, 5) is 0. The van der Waals surface area contributed by atoms with E-state index in [4.69, 9.17) is 4.74 Å². The topological polar surface area (TPSA) is 9.23 Å². The van der Waals surface area contributed by atoms with Crippen LogP contribution in [0.15, 0.2) is 18.2 Å². The Morgan fingerprint density at radius 3 is 2.57 bits per heavy atom. The number of benzene rings is 1. The van der Waals surface area contributed by atoms with E-state index in [1.165, 1.54) is 16.7 Å². The molecule has 1 heteroatoms. The van der Waals surface area contributed by atoms with Crippen molar-refractivity contribution in [2.24, 2.45) is 5.92 Å². The lowest BCUT2D eigenvalue weighted by atomic mass is 9.99. The fourth-order valence-electron chi connectivity index (χ4n) is 1.63. The number of ether oxygens (including phenoxy) is 1. The SMILES string of the molecule is COCc1cc(CC(C)C)ccc1C. The van der Waals surface area contributed by atoms with Crippen LogP contribution in [0.4, 0.5) is 0 Å². The highest BCUT2D eigenvalue weighted by Gasteiger charge is 2.02.